The van der Waals surface area contributed by atoms with Crippen molar-refractivity contribution < 1.29 is 9.84 Å². The number of hydrogen-bond acceptors (Lipinski definition) is 5. The average Bonchev–Trinajstić information content (AvgIpc) is 2.70. The van der Waals surface area contributed by atoms with Gasteiger partial charge in [-0.1, -0.05) is 30.8 Å². The Balaban J connectivity index is 1.48. The fraction of sp³-hybridized carbons (Fsp3) is 0.182. The highest BCUT2D eigenvalue weighted by Crippen LogP contribution is 2.21. The minimum Gasteiger partial charge on any atom is -0.508 e. The van der Waals surface area contributed by atoms with E-state index in [9.17, 15) is 5.11 Å². The van der Waals surface area contributed by atoms with Gasteiger partial charge in [0.1, 0.15) is 5.75 Å². The van der Waals surface area contributed by atoms with Crippen LogP contribution in [-0.2, 0) is 6.42 Å². The lowest BCUT2D eigenvalue weighted by molar-refractivity contribution is 0.380. The summed E-state index contributed by atoms with van der Waals surface area (Å²) in [6.07, 6.45) is 6.40. The van der Waals surface area contributed by atoms with Crippen LogP contribution in [0.5, 0.6) is 11.8 Å². The van der Waals surface area contributed by atoms with Gasteiger partial charge in [-0.25, -0.2) is 9.97 Å². The lowest BCUT2D eigenvalue weighted by atomic mass is 10.0. The average molecular weight is 361 g/mol. The molecular weight excluding hydrogens is 338 g/mol. The molecule has 0 saturated heterocycles. The first-order valence-corrected chi connectivity index (χ1v) is 8.83. The second-order valence-electron chi connectivity index (χ2n) is 6.28. The van der Waals surface area contributed by atoms with Gasteiger partial charge in [-0.2, -0.15) is 0 Å². The van der Waals surface area contributed by atoms with E-state index in [-0.39, 0.29) is 5.75 Å². The zero-order valence-corrected chi connectivity index (χ0v) is 15.4. The summed E-state index contributed by atoms with van der Waals surface area (Å²) >= 11 is 0. The molecule has 3 aromatic rings. The zero-order valence-electron chi connectivity index (χ0n) is 15.4. The number of aromatic nitrogens is 2. The first kappa shape index (κ1) is 18.5. The smallest absolute Gasteiger partial charge is 0.316 e. The number of nitrogens with zero attached hydrogens (tertiary/aromatic N) is 2. The number of benzene rings is 2. The lowest BCUT2D eigenvalue weighted by Gasteiger charge is -2.10. The molecule has 5 nitrogen and oxygen atoms in total. The molecule has 2 aromatic carbocycles. The third-order valence-corrected chi connectivity index (χ3v) is 4.23. The molecule has 27 heavy (non-hydrogen) atoms. The van der Waals surface area contributed by atoms with E-state index in [4.69, 9.17) is 4.74 Å². The highest BCUT2D eigenvalue weighted by atomic mass is 16.5. The Morgan fingerprint density at radius 2 is 1.67 bits per heavy atom. The van der Waals surface area contributed by atoms with Crippen LogP contribution in [0.3, 0.4) is 0 Å². The molecular formula is C22H23N3O2. The minimum absolute atomic E-state index is 0.260. The van der Waals surface area contributed by atoms with E-state index < -0.39 is 0 Å². The van der Waals surface area contributed by atoms with E-state index >= 15 is 0 Å². The van der Waals surface area contributed by atoms with Crippen LogP contribution in [-0.4, -0.2) is 22.2 Å². The number of rotatable bonds is 8. The van der Waals surface area contributed by atoms with E-state index in [0.717, 1.165) is 41.8 Å². The fourth-order valence-electron chi connectivity index (χ4n) is 2.75. The molecule has 0 spiro atoms. The second kappa shape index (κ2) is 8.85. The van der Waals surface area contributed by atoms with Crippen molar-refractivity contribution in [2.24, 2.45) is 0 Å². The number of nitrogens with one attached hydrogen (secondary N) is 1. The van der Waals surface area contributed by atoms with Crippen molar-refractivity contribution in [3.63, 3.8) is 0 Å². The summed E-state index contributed by atoms with van der Waals surface area (Å²) in [6, 6.07) is 15.8. The Kier molecular flexibility index (Phi) is 6.05. The van der Waals surface area contributed by atoms with Crippen LogP contribution in [0.1, 0.15) is 18.4 Å². The highest BCUT2D eigenvalue weighted by Gasteiger charge is 2.02. The van der Waals surface area contributed by atoms with Gasteiger partial charge in [0.05, 0.1) is 7.11 Å². The number of phenolic OH excluding ortho intramolecular Hbond substituents is 1. The molecule has 0 radical (unpaired) electrons. The number of phenols is 1. The summed E-state index contributed by atoms with van der Waals surface area (Å²) in [5, 5.41) is 12.6. The molecule has 0 fully saturated rings. The van der Waals surface area contributed by atoms with Crippen molar-refractivity contribution in [2.45, 2.75) is 19.3 Å². The van der Waals surface area contributed by atoms with Crippen LogP contribution in [0.2, 0.25) is 0 Å². The molecule has 5 heteroatoms. The number of hydrogen-bond donors (Lipinski definition) is 2. The number of aromatic hydroxyl groups is 1. The van der Waals surface area contributed by atoms with Gasteiger partial charge < -0.3 is 15.2 Å². The molecule has 0 aliphatic carbocycles. The second-order valence-corrected chi connectivity index (χ2v) is 6.28. The predicted octanol–water partition coefficient (Wildman–Crippen LogP) is 4.81. The first-order chi connectivity index (χ1) is 13.1. The van der Waals surface area contributed by atoms with Crippen LogP contribution in [0.15, 0.2) is 73.2 Å². The van der Waals surface area contributed by atoms with Crippen molar-refractivity contribution in [3.8, 4) is 22.9 Å². The van der Waals surface area contributed by atoms with Crippen molar-refractivity contribution in [2.75, 3.05) is 12.4 Å². The number of methoxy groups -OCH3 is 1. The van der Waals surface area contributed by atoms with E-state index in [2.05, 4.69) is 46.1 Å². The van der Waals surface area contributed by atoms with Gasteiger partial charge in [0, 0.05) is 29.3 Å². The van der Waals surface area contributed by atoms with E-state index in [1.807, 2.05) is 12.1 Å². The Morgan fingerprint density at radius 1 is 1.00 bits per heavy atom. The lowest BCUT2D eigenvalue weighted by Crippen LogP contribution is -1.98. The number of allylic oxidation sites excluding steroid dienone is 1. The topological polar surface area (TPSA) is 67.3 Å². The Bertz CT molecular complexity index is 873. The summed E-state index contributed by atoms with van der Waals surface area (Å²) in [6.45, 7) is 4.07. The maximum Gasteiger partial charge on any atom is 0.316 e. The van der Waals surface area contributed by atoms with Crippen LogP contribution in [0.4, 0.5) is 5.69 Å². The van der Waals surface area contributed by atoms with Crippen LogP contribution >= 0.6 is 0 Å². The molecule has 0 saturated carbocycles. The van der Waals surface area contributed by atoms with Gasteiger partial charge in [-0.05, 0) is 54.7 Å². The van der Waals surface area contributed by atoms with Gasteiger partial charge >= 0.3 is 6.01 Å². The highest BCUT2D eigenvalue weighted by molar-refractivity contribution is 5.61. The van der Waals surface area contributed by atoms with Crippen molar-refractivity contribution in [3.05, 3.63) is 78.8 Å². The van der Waals surface area contributed by atoms with Gasteiger partial charge in [0.2, 0.25) is 0 Å². The molecule has 1 heterocycles. The molecule has 0 atom stereocenters. The van der Waals surface area contributed by atoms with E-state index in [0.29, 0.717) is 6.01 Å². The van der Waals surface area contributed by atoms with E-state index in [1.165, 1.54) is 5.56 Å². The first-order valence-electron chi connectivity index (χ1n) is 8.83. The Morgan fingerprint density at radius 3 is 2.30 bits per heavy atom. The zero-order chi connectivity index (χ0) is 19.1. The van der Waals surface area contributed by atoms with Gasteiger partial charge in [-0.3, -0.25) is 0 Å². The minimum atomic E-state index is 0.260. The molecule has 2 N–H and O–H groups in total. The maximum atomic E-state index is 9.31. The number of ether oxygens (including phenoxy) is 1. The maximum absolute atomic E-state index is 9.31. The van der Waals surface area contributed by atoms with Crippen molar-refractivity contribution >= 4 is 5.69 Å². The fourth-order valence-corrected chi connectivity index (χ4v) is 2.75. The third kappa shape index (κ3) is 5.31. The Hall–Kier alpha value is -3.34. The molecule has 0 aliphatic heterocycles. The van der Waals surface area contributed by atoms with Gasteiger partial charge in [-0.15, -0.1) is 0 Å². The van der Waals surface area contributed by atoms with E-state index in [1.54, 1.807) is 31.6 Å². The largest absolute Gasteiger partial charge is 0.508 e. The molecule has 3 rings (SSSR count). The quantitative estimate of drug-likeness (QED) is 0.564. The number of aryl methyl sites for hydroxylation is 1. The number of anilines is 1. The van der Waals surface area contributed by atoms with Gasteiger partial charge in [0.25, 0.3) is 0 Å². The SMILES string of the molecule is C=C(CCCc1ccc(-c2cnc(OC)nc2)cc1)Nc1ccc(O)cc1. The molecule has 1 aromatic heterocycles. The molecule has 138 valence electrons. The summed E-state index contributed by atoms with van der Waals surface area (Å²) in [5.74, 6) is 0.260. The molecule has 0 bridgehead atoms. The van der Waals surface area contributed by atoms with Gasteiger partial charge in [0.15, 0.2) is 0 Å². The van der Waals surface area contributed by atoms with Crippen molar-refractivity contribution in [1.82, 2.24) is 9.97 Å². The molecule has 0 aliphatic rings. The monoisotopic (exact) mass is 361 g/mol. The van der Waals surface area contributed by atoms with Crippen LogP contribution in [0.25, 0.3) is 11.1 Å². The van der Waals surface area contributed by atoms with Crippen LogP contribution < -0.4 is 10.1 Å². The third-order valence-electron chi connectivity index (χ3n) is 4.23. The van der Waals surface area contributed by atoms with Crippen molar-refractivity contribution in [1.29, 1.82) is 0 Å². The van der Waals surface area contributed by atoms with Crippen LogP contribution in [0, 0.1) is 0 Å². The predicted molar refractivity (Wildman–Crippen MR) is 108 cm³/mol. The Labute approximate surface area is 159 Å². The summed E-state index contributed by atoms with van der Waals surface area (Å²) < 4.78 is 4.98. The molecule has 0 unspecified atom stereocenters. The summed E-state index contributed by atoms with van der Waals surface area (Å²) in [5.41, 5.74) is 5.23. The summed E-state index contributed by atoms with van der Waals surface area (Å²) in [7, 11) is 1.55. The normalized spacial score (nSPS) is 10.4. The molecule has 0 amide bonds. The summed E-state index contributed by atoms with van der Waals surface area (Å²) in [4.78, 5) is 8.28. The standard InChI is InChI=1S/C22H23N3O2/c1-16(25-20-10-12-21(26)13-11-20)4-3-5-17-6-8-18(9-7-17)19-14-23-22(27-2)24-15-19/h6-15,25-26H,1,3-5H2,2H3.